The van der Waals surface area contributed by atoms with E-state index < -0.39 is 6.03 Å². The summed E-state index contributed by atoms with van der Waals surface area (Å²) in [6.07, 6.45) is 0.928. The summed E-state index contributed by atoms with van der Waals surface area (Å²) >= 11 is 0. The molecule has 0 fully saturated rings. The van der Waals surface area contributed by atoms with E-state index in [0.717, 1.165) is 17.8 Å². The number of rotatable bonds is 6. The van der Waals surface area contributed by atoms with Gasteiger partial charge in [-0.2, -0.15) is 0 Å². The molecular weight excluding hydrogens is 254 g/mol. The SMILES string of the molecule is CCc1c(C(C)NCCNC(N)=O)oc2ccccc12. The fourth-order valence-electron chi connectivity index (χ4n) is 2.40. The van der Waals surface area contributed by atoms with Crippen LogP contribution in [0.5, 0.6) is 0 Å². The van der Waals surface area contributed by atoms with Gasteiger partial charge in [-0.1, -0.05) is 25.1 Å². The number of urea groups is 1. The van der Waals surface area contributed by atoms with Crippen molar-refractivity contribution in [2.24, 2.45) is 5.73 Å². The van der Waals surface area contributed by atoms with Gasteiger partial charge in [-0.25, -0.2) is 4.79 Å². The lowest BCUT2D eigenvalue weighted by Gasteiger charge is -2.13. The molecule has 0 saturated carbocycles. The van der Waals surface area contributed by atoms with Crippen LogP contribution < -0.4 is 16.4 Å². The molecule has 1 aromatic heterocycles. The van der Waals surface area contributed by atoms with Gasteiger partial charge >= 0.3 is 6.03 Å². The van der Waals surface area contributed by atoms with Crippen molar-refractivity contribution in [2.45, 2.75) is 26.3 Å². The first kappa shape index (κ1) is 14.4. The number of furan rings is 1. The first-order valence-corrected chi connectivity index (χ1v) is 6.90. The third-order valence-corrected chi connectivity index (χ3v) is 3.35. The quantitative estimate of drug-likeness (QED) is 0.708. The van der Waals surface area contributed by atoms with Gasteiger partial charge < -0.3 is 20.8 Å². The van der Waals surface area contributed by atoms with Gasteiger partial charge in [-0.15, -0.1) is 0 Å². The van der Waals surface area contributed by atoms with Gasteiger partial charge in [-0.3, -0.25) is 0 Å². The molecule has 0 bridgehead atoms. The lowest BCUT2D eigenvalue weighted by atomic mass is 10.1. The number of para-hydroxylation sites is 1. The highest BCUT2D eigenvalue weighted by Gasteiger charge is 2.17. The Labute approximate surface area is 118 Å². The van der Waals surface area contributed by atoms with Crippen molar-refractivity contribution in [1.29, 1.82) is 0 Å². The van der Waals surface area contributed by atoms with Crippen LogP contribution in [-0.2, 0) is 6.42 Å². The number of aryl methyl sites for hydroxylation is 1. The summed E-state index contributed by atoms with van der Waals surface area (Å²) in [5.74, 6) is 0.966. The molecule has 0 saturated heterocycles. The summed E-state index contributed by atoms with van der Waals surface area (Å²) in [5.41, 5.74) is 7.18. The summed E-state index contributed by atoms with van der Waals surface area (Å²) in [6.45, 7) is 5.33. The average molecular weight is 275 g/mol. The maximum absolute atomic E-state index is 10.6. The second kappa shape index (κ2) is 6.43. The van der Waals surface area contributed by atoms with Crippen LogP contribution in [0.3, 0.4) is 0 Å². The molecule has 1 heterocycles. The smallest absolute Gasteiger partial charge is 0.312 e. The number of primary amides is 1. The van der Waals surface area contributed by atoms with Crippen molar-refractivity contribution < 1.29 is 9.21 Å². The zero-order valence-corrected chi connectivity index (χ0v) is 11.9. The van der Waals surface area contributed by atoms with Gasteiger partial charge in [0.2, 0.25) is 0 Å². The van der Waals surface area contributed by atoms with Gasteiger partial charge in [0.1, 0.15) is 11.3 Å². The number of nitrogens with two attached hydrogens (primary N) is 1. The lowest BCUT2D eigenvalue weighted by molar-refractivity contribution is 0.248. The van der Waals surface area contributed by atoms with Gasteiger partial charge in [0.15, 0.2) is 0 Å². The number of carbonyl (C=O) groups excluding carboxylic acids is 1. The van der Waals surface area contributed by atoms with Crippen molar-refractivity contribution in [3.05, 3.63) is 35.6 Å². The molecule has 2 rings (SSSR count). The van der Waals surface area contributed by atoms with Gasteiger partial charge in [0, 0.05) is 24.0 Å². The molecule has 0 aliphatic carbocycles. The molecule has 1 aromatic carbocycles. The Kier molecular flexibility index (Phi) is 4.63. The van der Waals surface area contributed by atoms with Crippen LogP contribution in [0.2, 0.25) is 0 Å². The number of hydrogen-bond acceptors (Lipinski definition) is 3. The lowest BCUT2D eigenvalue weighted by Crippen LogP contribution is -2.36. The Morgan fingerprint density at radius 3 is 2.80 bits per heavy atom. The molecular formula is C15H21N3O2. The number of carbonyl (C=O) groups is 1. The third-order valence-electron chi connectivity index (χ3n) is 3.35. The van der Waals surface area contributed by atoms with Gasteiger partial charge in [-0.05, 0) is 19.4 Å². The van der Waals surface area contributed by atoms with Crippen LogP contribution in [0.25, 0.3) is 11.0 Å². The first-order chi connectivity index (χ1) is 9.63. The molecule has 0 aliphatic heterocycles. The Morgan fingerprint density at radius 1 is 1.35 bits per heavy atom. The first-order valence-electron chi connectivity index (χ1n) is 6.90. The Morgan fingerprint density at radius 2 is 2.10 bits per heavy atom. The fraction of sp³-hybridized carbons (Fsp3) is 0.400. The van der Waals surface area contributed by atoms with Crippen molar-refractivity contribution in [2.75, 3.05) is 13.1 Å². The van der Waals surface area contributed by atoms with Crippen LogP contribution in [0.15, 0.2) is 28.7 Å². The van der Waals surface area contributed by atoms with Gasteiger partial charge in [0.25, 0.3) is 0 Å². The van der Waals surface area contributed by atoms with E-state index in [4.69, 9.17) is 10.2 Å². The zero-order valence-electron chi connectivity index (χ0n) is 11.9. The van der Waals surface area contributed by atoms with E-state index in [1.807, 2.05) is 18.2 Å². The molecule has 0 aliphatic rings. The van der Waals surface area contributed by atoms with Crippen LogP contribution in [-0.4, -0.2) is 19.1 Å². The molecule has 1 unspecified atom stereocenters. The normalized spacial score (nSPS) is 12.5. The minimum Gasteiger partial charge on any atom is -0.459 e. The second-order valence-electron chi connectivity index (χ2n) is 4.76. The Bertz CT molecular complexity index is 592. The van der Waals surface area contributed by atoms with Crippen molar-refractivity contribution >= 4 is 17.0 Å². The molecule has 4 N–H and O–H groups in total. The second-order valence-corrected chi connectivity index (χ2v) is 4.76. The van der Waals surface area contributed by atoms with E-state index in [-0.39, 0.29) is 6.04 Å². The minimum atomic E-state index is -0.502. The number of hydrogen-bond donors (Lipinski definition) is 3. The molecule has 1 atom stereocenters. The van der Waals surface area contributed by atoms with Crippen LogP contribution in [0.4, 0.5) is 4.79 Å². The monoisotopic (exact) mass is 275 g/mol. The molecule has 0 radical (unpaired) electrons. The van der Waals surface area contributed by atoms with E-state index in [0.29, 0.717) is 13.1 Å². The summed E-state index contributed by atoms with van der Waals surface area (Å²) < 4.78 is 5.96. The van der Waals surface area contributed by atoms with Crippen molar-refractivity contribution in [3.8, 4) is 0 Å². The van der Waals surface area contributed by atoms with E-state index in [9.17, 15) is 4.79 Å². The van der Waals surface area contributed by atoms with Crippen LogP contribution >= 0.6 is 0 Å². The van der Waals surface area contributed by atoms with E-state index in [2.05, 4.69) is 30.5 Å². The van der Waals surface area contributed by atoms with Gasteiger partial charge in [0.05, 0.1) is 6.04 Å². The predicted octanol–water partition coefficient (Wildman–Crippen LogP) is 2.31. The van der Waals surface area contributed by atoms with E-state index in [1.165, 1.54) is 10.9 Å². The molecule has 2 amide bonds. The average Bonchev–Trinajstić information content (AvgIpc) is 2.81. The summed E-state index contributed by atoms with van der Waals surface area (Å²) in [5, 5.41) is 7.05. The predicted molar refractivity (Wildman–Crippen MR) is 79.6 cm³/mol. The number of amides is 2. The molecule has 2 aromatic rings. The summed E-state index contributed by atoms with van der Waals surface area (Å²) in [6, 6.07) is 7.66. The Hall–Kier alpha value is -2.01. The number of benzene rings is 1. The number of nitrogens with one attached hydrogen (secondary N) is 2. The molecule has 20 heavy (non-hydrogen) atoms. The van der Waals surface area contributed by atoms with Crippen molar-refractivity contribution in [1.82, 2.24) is 10.6 Å². The fourth-order valence-corrected chi connectivity index (χ4v) is 2.40. The van der Waals surface area contributed by atoms with Crippen LogP contribution in [0, 0.1) is 0 Å². The van der Waals surface area contributed by atoms with E-state index >= 15 is 0 Å². The summed E-state index contributed by atoms with van der Waals surface area (Å²) in [7, 11) is 0. The summed E-state index contributed by atoms with van der Waals surface area (Å²) in [4.78, 5) is 10.6. The Balaban J connectivity index is 2.09. The maximum atomic E-state index is 10.6. The minimum absolute atomic E-state index is 0.0898. The highest BCUT2D eigenvalue weighted by Crippen LogP contribution is 2.30. The molecule has 5 heteroatoms. The standard InChI is InChI=1S/C15H21N3O2/c1-3-11-12-6-4-5-7-13(12)20-14(11)10(2)17-8-9-18-15(16)19/h4-7,10,17H,3,8-9H2,1-2H3,(H3,16,18,19). The molecule has 108 valence electrons. The van der Waals surface area contributed by atoms with Crippen LogP contribution in [0.1, 0.15) is 31.2 Å². The largest absolute Gasteiger partial charge is 0.459 e. The molecule has 5 nitrogen and oxygen atoms in total. The highest BCUT2D eigenvalue weighted by molar-refractivity contribution is 5.82. The maximum Gasteiger partial charge on any atom is 0.312 e. The zero-order chi connectivity index (χ0) is 14.5. The number of fused-ring (bicyclic) bond motifs is 1. The molecule has 0 spiro atoms. The highest BCUT2D eigenvalue weighted by atomic mass is 16.3. The third kappa shape index (κ3) is 3.11. The van der Waals surface area contributed by atoms with E-state index in [1.54, 1.807) is 0 Å². The van der Waals surface area contributed by atoms with Crippen molar-refractivity contribution in [3.63, 3.8) is 0 Å². The topological polar surface area (TPSA) is 80.3 Å².